The Labute approximate surface area is 151 Å². The summed E-state index contributed by atoms with van der Waals surface area (Å²) < 4.78 is 8.60. The fourth-order valence-electron chi connectivity index (χ4n) is 1.09. The molecule has 2 rings (SSSR count). The predicted molar refractivity (Wildman–Crippen MR) is 95.7 cm³/mol. The van der Waals surface area contributed by atoms with Crippen LogP contribution in [0.4, 0.5) is 0 Å². The van der Waals surface area contributed by atoms with E-state index in [2.05, 4.69) is 50.6 Å². The van der Waals surface area contributed by atoms with E-state index in [1.165, 1.54) is 16.6 Å². The molecular weight excluding hydrogens is 627 g/mol. The van der Waals surface area contributed by atoms with Gasteiger partial charge in [0.1, 0.15) is 0 Å². The molecule has 2 aliphatic rings. The molecule has 0 amide bonds. The maximum atomic E-state index is 2.49. The number of hydrogen-bond donors (Lipinski definition) is 0. The molecule has 0 aliphatic carbocycles. The van der Waals surface area contributed by atoms with E-state index in [9.17, 15) is 0 Å². The summed E-state index contributed by atoms with van der Waals surface area (Å²) in [5.74, 6) is 1.33. The predicted octanol–water partition coefficient (Wildman–Crippen LogP) is 2.48. The summed E-state index contributed by atoms with van der Waals surface area (Å²) in [6.07, 6.45) is 3.63. The van der Waals surface area contributed by atoms with E-state index in [0.717, 1.165) is 29.9 Å². The summed E-state index contributed by atoms with van der Waals surface area (Å²) in [4.78, 5) is 4.86. The molecule has 0 N–H and O–H groups in total. The zero-order valence-electron chi connectivity index (χ0n) is 9.10. The third-order valence-corrected chi connectivity index (χ3v) is 21.7. The molecule has 0 aromatic carbocycles. The minimum atomic E-state index is 0.705. The van der Waals surface area contributed by atoms with Crippen molar-refractivity contribution >= 4 is 106 Å². The van der Waals surface area contributed by atoms with Crippen LogP contribution >= 0.6 is 46.1 Å². The Kier molecular flexibility index (Phi) is 8.42. The van der Waals surface area contributed by atoms with Gasteiger partial charge in [0.25, 0.3) is 0 Å². The number of alkyl halides is 1. The maximum absolute atomic E-state index is 2.49. The Balaban J connectivity index is 1.97. The molecule has 0 spiro atoms. The van der Waals surface area contributed by atoms with Crippen molar-refractivity contribution in [2.45, 2.75) is 6.42 Å². The van der Waals surface area contributed by atoms with Crippen molar-refractivity contribution in [3.05, 3.63) is 24.3 Å². The van der Waals surface area contributed by atoms with Crippen LogP contribution in [-0.2, 0) is 0 Å². The standard InChI is InChI=1S/C10H11IS2Se4/c1-12-7-8(13-4-2-3-11)17-10(16-7)9-14-5-6-15-9/h5-6H,2-4H2,1H3. The van der Waals surface area contributed by atoms with Gasteiger partial charge in [-0.2, -0.15) is 0 Å². The fourth-order valence-corrected chi connectivity index (χ4v) is 21.1. The van der Waals surface area contributed by atoms with Crippen LogP contribution in [0.15, 0.2) is 24.3 Å². The molecule has 0 bridgehead atoms. The molecule has 0 fully saturated rings. The molecule has 0 aromatic heterocycles. The number of halogens is 1. The molecule has 0 radical (unpaired) electrons. The average molecular weight is 638 g/mol. The van der Waals surface area contributed by atoms with Crippen LogP contribution in [0.1, 0.15) is 6.42 Å². The second-order valence-electron chi connectivity index (χ2n) is 2.96. The van der Waals surface area contributed by atoms with E-state index in [4.69, 9.17) is 0 Å². The summed E-state index contributed by atoms with van der Waals surface area (Å²) in [5.41, 5.74) is 0. The molecule has 7 heteroatoms. The monoisotopic (exact) mass is 642 g/mol. The van der Waals surface area contributed by atoms with Gasteiger partial charge in [-0.25, -0.2) is 0 Å². The Morgan fingerprint density at radius 3 is 2.47 bits per heavy atom. The van der Waals surface area contributed by atoms with Crippen LogP contribution in [0, 0.1) is 0 Å². The third-order valence-electron chi connectivity index (χ3n) is 1.81. The van der Waals surface area contributed by atoms with Crippen molar-refractivity contribution in [2.24, 2.45) is 0 Å². The van der Waals surface area contributed by atoms with Gasteiger partial charge in [0, 0.05) is 0 Å². The summed E-state index contributed by atoms with van der Waals surface area (Å²) in [6, 6.07) is 0. The van der Waals surface area contributed by atoms with Crippen LogP contribution in [0.3, 0.4) is 0 Å². The molecule has 0 saturated heterocycles. The van der Waals surface area contributed by atoms with Gasteiger partial charge in [-0.05, 0) is 0 Å². The Morgan fingerprint density at radius 2 is 1.82 bits per heavy atom. The SMILES string of the molecule is CSC1=C(SCCCI)[Se]C(=C2[Se]C=C[Se]2)[Se]1. The van der Waals surface area contributed by atoms with Gasteiger partial charge < -0.3 is 0 Å². The number of thioether (sulfide) groups is 2. The summed E-state index contributed by atoms with van der Waals surface area (Å²) >= 11 is 9.53. The van der Waals surface area contributed by atoms with Crippen molar-refractivity contribution in [3.63, 3.8) is 0 Å². The topological polar surface area (TPSA) is 0 Å². The molecule has 94 valence electrons. The Morgan fingerprint density at radius 1 is 1.12 bits per heavy atom. The molecular formula is C10H11IS2Se4. The van der Waals surface area contributed by atoms with Crippen LogP contribution in [0.2, 0.25) is 0 Å². The molecule has 0 aromatic rings. The molecule has 0 atom stereocenters. The molecule has 0 saturated carbocycles. The number of rotatable bonds is 5. The van der Waals surface area contributed by atoms with Gasteiger partial charge >= 0.3 is 153 Å². The Hall–Kier alpha value is 2.73. The van der Waals surface area contributed by atoms with Crippen molar-refractivity contribution in [1.82, 2.24) is 0 Å². The van der Waals surface area contributed by atoms with E-state index < -0.39 is 0 Å². The van der Waals surface area contributed by atoms with Gasteiger partial charge in [0.05, 0.1) is 0 Å². The zero-order valence-corrected chi connectivity index (χ0v) is 19.7. The second kappa shape index (κ2) is 8.89. The van der Waals surface area contributed by atoms with E-state index in [0.29, 0.717) is 29.9 Å². The van der Waals surface area contributed by atoms with Crippen molar-refractivity contribution in [2.75, 3.05) is 16.4 Å². The van der Waals surface area contributed by atoms with Gasteiger partial charge in [0.15, 0.2) is 0 Å². The van der Waals surface area contributed by atoms with E-state index in [1.807, 2.05) is 18.5 Å². The normalized spacial score (nSPS) is 19.9. The van der Waals surface area contributed by atoms with E-state index in [-0.39, 0.29) is 0 Å². The first kappa shape index (κ1) is 16.1. The van der Waals surface area contributed by atoms with Crippen LogP contribution in [0.5, 0.6) is 0 Å². The van der Waals surface area contributed by atoms with Gasteiger partial charge in [0.2, 0.25) is 0 Å². The quantitative estimate of drug-likeness (QED) is 0.197. The van der Waals surface area contributed by atoms with Crippen LogP contribution < -0.4 is 0 Å². The summed E-state index contributed by atoms with van der Waals surface area (Å²) in [6.45, 7) is 0. The molecule has 0 unspecified atom stereocenters. The summed E-state index contributed by atoms with van der Waals surface area (Å²) in [5, 5.41) is 0. The Bertz CT molecular complexity index is 369. The van der Waals surface area contributed by atoms with Crippen molar-refractivity contribution in [1.29, 1.82) is 0 Å². The minimum absolute atomic E-state index is 0.705. The van der Waals surface area contributed by atoms with Crippen molar-refractivity contribution in [3.8, 4) is 0 Å². The summed E-state index contributed by atoms with van der Waals surface area (Å²) in [7, 11) is 0. The van der Waals surface area contributed by atoms with Gasteiger partial charge in [-0.15, -0.1) is 0 Å². The first-order chi connectivity index (χ1) is 8.35. The van der Waals surface area contributed by atoms with Crippen LogP contribution in [0.25, 0.3) is 0 Å². The number of hydrogen-bond acceptors (Lipinski definition) is 2. The van der Waals surface area contributed by atoms with Gasteiger partial charge in [-0.3, -0.25) is 0 Å². The van der Waals surface area contributed by atoms with E-state index >= 15 is 0 Å². The average Bonchev–Trinajstić information content (AvgIpc) is 2.97. The third kappa shape index (κ3) is 4.89. The van der Waals surface area contributed by atoms with Gasteiger partial charge in [-0.1, -0.05) is 0 Å². The zero-order chi connectivity index (χ0) is 12.1. The molecule has 2 heterocycles. The molecule has 17 heavy (non-hydrogen) atoms. The van der Waals surface area contributed by atoms with E-state index in [1.54, 1.807) is 7.61 Å². The first-order valence-electron chi connectivity index (χ1n) is 4.90. The molecule has 0 nitrogen and oxygen atoms in total. The molecule has 2 aliphatic heterocycles. The van der Waals surface area contributed by atoms with Crippen LogP contribution in [-0.4, -0.2) is 76.3 Å². The van der Waals surface area contributed by atoms with Crippen molar-refractivity contribution < 1.29 is 0 Å². The fraction of sp³-hybridized carbons (Fsp3) is 0.400. The first-order valence-corrected chi connectivity index (χ1v) is 15.8. The second-order valence-corrected chi connectivity index (χ2v) is 17.9.